The van der Waals surface area contributed by atoms with E-state index in [-0.39, 0.29) is 18.6 Å². The Bertz CT molecular complexity index is 743. The first kappa shape index (κ1) is 20.5. The van der Waals surface area contributed by atoms with E-state index in [1.54, 1.807) is 31.4 Å². The van der Waals surface area contributed by atoms with Gasteiger partial charge in [0.25, 0.3) is 5.91 Å². The molecule has 1 heterocycles. The van der Waals surface area contributed by atoms with Gasteiger partial charge in [0.15, 0.2) is 6.61 Å². The number of hydrogen-bond acceptors (Lipinski definition) is 4. The Balaban J connectivity index is 1.55. The van der Waals surface area contributed by atoms with Crippen LogP contribution in [0.5, 0.6) is 11.5 Å². The van der Waals surface area contributed by atoms with Crippen LogP contribution in [-0.4, -0.2) is 44.2 Å². The Morgan fingerprint density at radius 3 is 2.32 bits per heavy atom. The predicted molar refractivity (Wildman–Crippen MR) is 111 cm³/mol. The number of carbonyl (C=O) groups excluding carboxylic acids is 1. The number of amides is 1. The lowest BCUT2D eigenvalue weighted by Crippen LogP contribution is -2.41. The number of nitrogens with zero attached hydrogens (tertiary/aromatic N) is 1. The van der Waals surface area contributed by atoms with E-state index in [1.165, 1.54) is 24.8 Å². The molecule has 1 atom stereocenters. The van der Waals surface area contributed by atoms with Crippen molar-refractivity contribution in [2.24, 2.45) is 0 Å². The number of ether oxygens (including phenoxy) is 2. The van der Waals surface area contributed by atoms with E-state index in [0.29, 0.717) is 12.3 Å². The van der Waals surface area contributed by atoms with Crippen molar-refractivity contribution in [2.75, 3.05) is 33.4 Å². The van der Waals surface area contributed by atoms with E-state index in [1.807, 2.05) is 24.3 Å². The Morgan fingerprint density at radius 1 is 1.04 bits per heavy atom. The molecule has 0 spiro atoms. The summed E-state index contributed by atoms with van der Waals surface area (Å²) in [6.45, 7) is 2.63. The summed E-state index contributed by atoms with van der Waals surface area (Å²) in [5.41, 5.74) is 1.17. The number of likely N-dealkylation sites (tertiary alicyclic amines) is 1. The van der Waals surface area contributed by atoms with Crippen molar-refractivity contribution in [3.8, 4) is 11.5 Å². The average molecular weight is 403 g/mol. The van der Waals surface area contributed by atoms with E-state index in [4.69, 9.17) is 21.1 Å². The quantitative estimate of drug-likeness (QED) is 0.723. The molecule has 1 aliphatic heterocycles. The number of rotatable bonds is 8. The van der Waals surface area contributed by atoms with Crippen molar-refractivity contribution in [3.63, 3.8) is 0 Å². The lowest BCUT2D eigenvalue weighted by atomic mass is 10.0. The molecule has 3 rings (SSSR count). The van der Waals surface area contributed by atoms with Crippen molar-refractivity contribution in [3.05, 3.63) is 59.1 Å². The lowest BCUT2D eigenvalue weighted by molar-refractivity contribution is -0.123. The fraction of sp³-hybridized carbons (Fsp3) is 0.409. The van der Waals surface area contributed by atoms with Crippen molar-refractivity contribution in [1.82, 2.24) is 10.2 Å². The molecule has 1 unspecified atom stereocenters. The van der Waals surface area contributed by atoms with Gasteiger partial charge >= 0.3 is 0 Å². The van der Waals surface area contributed by atoms with Gasteiger partial charge in [-0.1, -0.05) is 30.2 Å². The second-order valence-electron chi connectivity index (χ2n) is 6.93. The molecular weight excluding hydrogens is 376 g/mol. The van der Waals surface area contributed by atoms with E-state index in [9.17, 15) is 4.79 Å². The van der Waals surface area contributed by atoms with Crippen LogP contribution in [0, 0.1) is 0 Å². The zero-order chi connectivity index (χ0) is 19.8. The van der Waals surface area contributed by atoms with Crippen LogP contribution in [0.2, 0.25) is 5.02 Å². The monoisotopic (exact) mass is 402 g/mol. The second kappa shape index (κ2) is 10.3. The number of nitrogens with one attached hydrogen (secondary N) is 1. The molecule has 2 aromatic rings. The highest BCUT2D eigenvalue weighted by atomic mass is 35.5. The van der Waals surface area contributed by atoms with Gasteiger partial charge in [-0.05, 0) is 67.9 Å². The normalized spacial score (nSPS) is 15.6. The Hall–Kier alpha value is -2.24. The third kappa shape index (κ3) is 5.88. The van der Waals surface area contributed by atoms with Gasteiger partial charge in [0.2, 0.25) is 0 Å². The van der Waals surface area contributed by atoms with Crippen LogP contribution in [-0.2, 0) is 4.79 Å². The van der Waals surface area contributed by atoms with Crippen molar-refractivity contribution < 1.29 is 14.3 Å². The molecule has 28 heavy (non-hydrogen) atoms. The van der Waals surface area contributed by atoms with Crippen LogP contribution in [0.1, 0.15) is 30.9 Å². The first-order valence-electron chi connectivity index (χ1n) is 9.69. The SMILES string of the molecule is COc1ccc(OCC(=O)NCC(c2ccc(Cl)cc2)N2CCCCC2)cc1. The molecule has 5 nitrogen and oxygen atoms in total. The topological polar surface area (TPSA) is 50.8 Å². The lowest BCUT2D eigenvalue weighted by Gasteiger charge is -2.35. The summed E-state index contributed by atoms with van der Waals surface area (Å²) in [5.74, 6) is 1.26. The summed E-state index contributed by atoms with van der Waals surface area (Å²) in [6, 6.07) is 15.2. The number of benzene rings is 2. The molecule has 1 aliphatic rings. The molecule has 1 fully saturated rings. The van der Waals surface area contributed by atoms with Crippen LogP contribution in [0.15, 0.2) is 48.5 Å². The summed E-state index contributed by atoms with van der Waals surface area (Å²) in [7, 11) is 1.61. The molecule has 1 saturated heterocycles. The number of halogens is 1. The Morgan fingerprint density at radius 2 is 1.68 bits per heavy atom. The molecule has 1 N–H and O–H groups in total. The van der Waals surface area contributed by atoms with Crippen LogP contribution in [0.25, 0.3) is 0 Å². The van der Waals surface area contributed by atoms with Crippen LogP contribution >= 0.6 is 11.6 Å². The van der Waals surface area contributed by atoms with Gasteiger partial charge in [-0.2, -0.15) is 0 Å². The van der Waals surface area contributed by atoms with Crippen LogP contribution in [0.4, 0.5) is 0 Å². The van der Waals surface area contributed by atoms with Gasteiger partial charge in [-0.15, -0.1) is 0 Å². The van der Waals surface area contributed by atoms with Gasteiger partial charge in [0, 0.05) is 11.6 Å². The summed E-state index contributed by atoms with van der Waals surface area (Å²) >= 11 is 6.04. The average Bonchev–Trinajstić information content (AvgIpc) is 2.75. The number of hydrogen-bond donors (Lipinski definition) is 1. The maximum absolute atomic E-state index is 12.3. The highest BCUT2D eigenvalue weighted by Crippen LogP contribution is 2.25. The molecule has 0 aromatic heterocycles. The van der Waals surface area contributed by atoms with Gasteiger partial charge in [-0.3, -0.25) is 9.69 Å². The standard InChI is InChI=1S/C22H27ClN2O3/c1-27-19-9-11-20(12-10-19)28-16-22(26)24-15-21(25-13-3-2-4-14-25)17-5-7-18(23)8-6-17/h5-12,21H,2-4,13-16H2,1H3,(H,24,26). The fourth-order valence-corrected chi connectivity index (χ4v) is 3.58. The summed E-state index contributed by atoms with van der Waals surface area (Å²) in [4.78, 5) is 14.8. The van der Waals surface area contributed by atoms with Gasteiger partial charge in [-0.25, -0.2) is 0 Å². The highest BCUT2D eigenvalue weighted by molar-refractivity contribution is 6.30. The van der Waals surface area contributed by atoms with Gasteiger partial charge < -0.3 is 14.8 Å². The van der Waals surface area contributed by atoms with Crippen molar-refractivity contribution in [1.29, 1.82) is 0 Å². The minimum atomic E-state index is -0.133. The molecule has 0 bridgehead atoms. The highest BCUT2D eigenvalue weighted by Gasteiger charge is 2.23. The summed E-state index contributed by atoms with van der Waals surface area (Å²) < 4.78 is 10.7. The van der Waals surface area contributed by atoms with E-state index in [2.05, 4.69) is 10.2 Å². The summed E-state index contributed by atoms with van der Waals surface area (Å²) in [5, 5.41) is 3.74. The zero-order valence-electron chi connectivity index (χ0n) is 16.2. The van der Waals surface area contributed by atoms with Crippen molar-refractivity contribution >= 4 is 17.5 Å². The predicted octanol–water partition coefficient (Wildman–Crippen LogP) is 4.07. The maximum atomic E-state index is 12.3. The third-order valence-electron chi connectivity index (χ3n) is 5.01. The first-order valence-corrected chi connectivity index (χ1v) is 10.1. The Kier molecular flexibility index (Phi) is 7.57. The van der Waals surface area contributed by atoms with E-state index in [0.717, 1.165) is 23.9 Å². The van der Waals surface area contributed by atoms with E-state index < -0.39 is 0 Å². The van der Waals surface area contributed by atoms with E-state index >= 15 is 0 Å². The van der Waals surface area contributed by atoms with Crippen molar-refractivity contribution in [2.45, 2.75) is 25.3 Å². The first-order chi connectivity index (χ1) is 13.7. The van der Waals surface area contributed by atoms with Gasteiger partial charge in [0.1, 0.15) is 11.5 Å². The molecule has 6 heteroatoms. The molecule has 0 aliphatic carbocycles. The molecule has 0 saturated carbocycles. The minimum absolute atomic E-state index is 0.0142. The summed E-state index contributed by atoms with van der Waals surface area (Å²) in [6.07, 6.45) is 3.66. The Labute approximate surface area is 171 Å². The van der Waals surface area contributed by atoms with Crippen LogP contribution < -0.4 is 14.8 Å². The third-order valence-corrected chi connectivity index (χ3v) is 5.26. The molecule has 0 radical (unpaired) electrons. The molecule has 150 valence electrons. The van der Waals surface area contributed by atoms with Crippen LogP contribution in [0.3, 0.4) is 0 Å². The number of carbonyl (C=O) groups is 1. The van der Waals surface area contributed by atoms with Gasteiger partial charge in [0.05, 0.1) is 13.2 Å². The fourth-order valence-electron chi connectivity index (χ4n) is 3.46. The second-order valence-corrected chi connectivity index (χ2v) is 7.37. The maximum Gasteiger partial charge on any atom is 0.258 e. The molecular formula is C22H27ClN2O3. The number of methoxy groups -OCH3 is 1. The molecule has 1 amide bonds. The number of piperidine rings is 1. The largest absolute Gasteiger partial charge is 0.497 e. The zero-order valence-corrected chi connectivity index (χ0v) is 17.0. The minimum Gasteiger partial charge on any atom is -0.497 e. The smallest absolute Gasteiger partial charge is 0.258 e. The molecule has 2 aromatic carbocycles.